The largest absolute Gasteiger partial charge is 0.384 e. The maximum atomic E-state index is 14.1. The van der Waals surface area contributed by atoms with Gasteiger partial charge in [0.1, 0.15) is 29.5 Å². The highest BCUT2D eigenvalue weighted by molar-refractivity contribution is 5.47. The first kappa shape index (κ1) is 15.5. The summed E-state index contributed by atoms with van der Waals surface area (Å²) in [5, 5.41) is 7.65. The predicted octanol–water partition coefficient (Wildman–Crippen LogP) is 3.01. The number of aromatic nitrogens is 4. The van der Waals surface area contributed by atoms with Crippen molar-refractivity contribution in [1.29, 1.82) is 0 Å². The number of nitrogens with zero attached hydrogens (tertiary/aromatic N) is 4. The summed E-state index contributed by atoms with van der Waals surface area (Å²) in [5.41, 5.74) is 7.82. The van der Waals surface area contributed by atoms with Crippen LogP contribution in [0.3, 0.4) is 0 Å². The Hall–Kier alpha value is -3.03. The van der Waals surface area contributed by atoms with Crippen molar-refractivity contribution in [3.8, 4) is 5.69 Å². The minimum absolute atomic E-state index is 0.00434. The van der Waals surface area contributed by atoms with Gasteiger partial charge in [-0.1, -0.05) is 0 Å². The molecule has 128 valence electrons. The molecule has 1 unspecified atom stereocenters. The number of nitrogen functional groups attached to an aromatic ring is 1. The molecule has 1 atom stereocenters. The highest BCUT2D eigenvalue weighted by atomic mass is 19.1. The van der Waals surface area contributed by atoms with E-state index in [1.54, 1.807) is 16.9 Å². The van der Waals surface area contributed by atoms with E-state index in [1.165, 1.54) is 18.5 Å². The van der Waals surface area contributed by atoms with E-state index < -0.39 is 11.6 Å². The molecule has 6 nitrogen and oxygen atoms in total. The first-order valence-electron chi connectivity index (χ1n) is 7.98. The topological polar surface area (TPSA) is 81.6 Å². The van der Waals surface area contributed by atoms with Gasteiger partial charge in [0.15, 0.2) is 5.82 Å². The van der Waals surface area contributed by atoms with Crippen molar-refractivity contribution >= 4 is 11.6 Å². The smallest absolute Gasteiger partial charge is 0.151 e. The monoisotopic (exact) mass is 342 g/mol. The molecule has 0 aliphatic heterocycles. The molecule has 0 bridgehead atoms. The minimum atomic E-state index is -0.635. The van der Waals surface area contributed by atoms with Gasteiger partial charge >= 0.3 is 0 Å². The second-order valence-corrected chi connectivity index (χ2v) is 5.97. The molecule has 3 N–H and O–H groups in total. The number of halogens is 2. The maximum Gasteiger partial charge on any atom is 0.151 e. The van der Waals surface area contributed by atoms with Crippen LogP contribution < -0.4 is 11.1 Å². The quantitative estimate of drug-likeness (QED) is 0.765. The lowest BCUT2D eigenvalue weighted by Crippen LogP contribution is -2.19. The van der Waals surface area contributed by atoms with E-state index in [0.717, 1.165) is 36.6 Å². The number of hydrogen-bond donors (Lipinski definition) is 2. The van der Waals surface area contributed by atoms with Crippen molar-refractivity contribution < 1.29 is 8.78 Å². The van der Waals surface area contributed by atoms with Gasteiger partial charge in [-0.25, -0.2) is 23.4 Å². The van der Waals surface area contributed by atoms with Crippen LogP contribution in [0, 0.1) is 11.6 Å². The third kappa shape index (κ3) is 2.90. The summed E-state index contributed by atoms with van der Waals surface area (Å²) in [5.74, 6) is -0.226. The summed E-state index contributed by atoms with van der Waals surface area (Å²) in [6.45, 7) is 0. The van der Waals surface area contributed by atoms with Crippen molar-refractivity contribution in [2.75, 3.05) is 11.1 Å². The van der Waals surface area contributed by atoms with Crippen LogP contribution in [-0.4, -0.2) is 19.7 Å². The molecule has 0 amide bonds. The SMILES string of the molecule is Nc1cc(NC2CCCc3c2cnn3-c2ccc(F)cc2F)ncn1. The Morgan fingerprint density at radius 2 is 2.08 bits per heavy atom. The van der Waals surface area contributed by atoms with Crippen molar-refractivity contribution in [3.63, 3.8) is 0 Å². The summed E-state index contributed by atoms with van der Waals surface area (Å²) in [6.07, 6.45) is 5.71. The highest BCUT2D eigenvalue weighted by Crippen LogP contribution is 2.33. The number of nitrogens with one attached hydrogen (secondary N) is 1. The van der Waals surface area contributed by atoms with E-state index >= 15 is 0 Å². The lowest BCUT2D eigenvalue weighted by Gasteiger charge is -2.24. The zero-order valence-electron chi connectivity index (χ0n) is 13.3. The van der Waals surface area contributed by atoms with Gasteiger partial charge in [0.2, 0.25) is 0 Å². The Balaban J connectivity index is 1.68. The molecule has 1 aromatic carbocycles. The Morgan fingerprint density at radius 1 is 1.20 bits per heavy atom. The Morgan fingerprint density at radius 3 is 2.88 bits per heavy atom. The summed E-state index contributed by atoms with van der Waals surface area (Å²) in [6, 6.07) is 5.16. The third-order valence-corrected chi connectivity index (χ3v) is 4.33. The second-order valence-electron chi connectivity index (χ2n) is 5.97. The summed E-state index contributed by atoms with van der Waals surface area (Å²) in [4.78, 5) is 8.04. The Bertz CT molecular complexity index is 923. The molecule has 0 spiro atoms. The fourth-order valence-electron chi connectivity index (χ4n) is 3.20. The van der Waals surface area contributed by atoms with E-state index in [9.17, 15) is 8.78 Å². The van der Waals surface area contributed by atoms with Crippen LogP contribution in [-0.2, 0) is 6.42 Å². The van der Waals surface area contributed by atoms with Crippen LogP contribution in [0.5, 0.6) is 0 Å². The normalized spacial score (nSPS) is 16.5. The molecule has 1 aliphatic rings. The van der Waals surface area contributed by atoms with Crippen LogP contribution in [0.15, 0.2) is 36.8 Å². The predicted molar refractivity (Wildman–Crippen MR) is 89.2 cm³/mol. The van der Waals surface area contributed by atoms with Gasteiger partial charge in [0, 0.05) is 23.4 Å². The van der Waals surface area contributed by atoms with Crippen LogP contribution in [0.4, 0.5) is 20.4 Å². The highest BCUT2D eigenvalue weighted by Gasteiger charge is 2.26. The molecule has 4 rings (SSSR count). The van der Waals surface area contributed by atoms with Crippen molar-refractivity contribution in [2.45, 2.75) is 25.3 Å². The molecular formula is C17H16F2N6. The number of rotatable bonds is 3. The van der Waals surface area contributed by atoms with Gasteiger partial charge in [0.25, 0.3) is 0 Å². The molecular weight excluding hydrogens is 326 g/mol. The van der Waals surface area contributed by atoms with Crippen molar-refractivity contribution in [2.24, 2.45) is 0 Å². The molecule has 2 aromatic heterocycles. The summed E-state index contributed by atoms with van der Waals surface area (Å²) < 4.78 is 28.8. The maximum absolute atomic E-state index is 14.1. The first-order valence-corrected chi connectivity index (χ1v) is 7.98. The molecule has 0 fully saturated rings. The average Bonchev–Trinajstić information content (AvgIpc) is 3.00. The van der Waals surface area contributed by atoms with Gasteiger partial charge in [-0.3, -0.25) is 0 Å². The molecule has 25 heavy (non-hydrogen) atoms. The van der Waals surface area contributed by atoms with Crippen molar-refractivity contribution in [1.82, 2.24) is 19.7 Å². The Labute approximate surface area is 142 Å². The van der Waals surface area contributed by atoms with Crippen LogP contribution >= 0.6 is 0 Å². The van der Waals surface area contributed by atoms with E-state index in [-0.39, 0.29) is 11.7 Å². The standard InChI is InChI=1S/C17H16F2N6/c18-10-4-5-15(12(19)6-10)25-14-3-1-2-13(11(14)8-23-25)24-17-7-16(20)21-9-22-17/h4-9,13H,1-3H2,(H3,20,21,22,24). The molecule has 0 saturated heterocycles. The van der Waals surface area contributed by atoms with Crippen LogP contribution in [0.1, 0.15) is 30.1 Å². The number of fused-ring (bicyclic) bond motifs is 1. The number of anilines is 2. The first-order chi connectivity index (χ1) is 12.1. The molecule has 2 heterocycles. The molecule has 8 heteroatoms. The zero-order valence-corrected chi connectivity index (χ0v) is 13.3. The average molecular weight is 342 g/mol. The lowest BCUT2D eigenvalue weighted by atomic mass is 9.93. The molecule has 3 aromatic rings. The molecule has 1 aliphatic carbocycles. The van der Waals surface area contributed by atoms with E-state index in [2.05, 4.69) is 20.4 Å². The van der Waals surface area contributed by atoms with E-state index in [1.807, 2.05) is 0 Å². The fourth-order valence-corrected chi connectivity index (χ4v) is 3.20. The number of benzene rings is 1. The van der Waals surface area contributed by atoms with E-state index in [0.29, 0.717) is 11.6 Å². The lowest BCUT2D eigenvalue weighted by molar-refractivity contribution is 0.558. The van der Waals surface area contributed by atoms with E-state index in [4.69, 9.17) is 5.73 Å². The summed E-state index contributed by atoms with van der Waals surface area (Å²) >= 11 is 0. The molecule has 0 saturated carbocycles. The number of hydrogen-bond acceptors (Lipinski definition) is 5. The summed E-state index contributed by atoms with van der Waals surface area (Å²) in [7, 11) is 0. The van der Waals surface area contributed by atoms with Gasteiger partial charge < -0.3 is 11.1 Å². The van der Waals surface area contributed by atoms with Gasteiger partial charge in [-0.2, -0.15) is 5.10 Å². The Kier molecular flexibility index (Phi) is 3.79. The van der Waals surface area contributed by atoms with Crippen molar-refractivity contribution in [3.05, 3.63) is 59.7 Å². The van der Waals surface area contributed by atoms with Crippen LogP contribution in [0.2, 0.25) is 0 Å². The number of nitrogens with two attached hydrogens (primary N) is 1. The zero-order chi connectivity index (χ0) is 17.4. The minimum Gasteiger partial charge on any atom is -0.384 e. The fraction of sp³-hybridized carbons (Fsp3) is 0.235. The van der Waals surface area contributed by atoms with Gasteiger partial charge in [-0.05, 0) is 31.4 Å². The second kappa shape index (κ2) is 6.12. The third-order valence-electron chi connectivity index (χ3n) is 4.33. The van der Waals surface area contributed by atoms with Gasteiger partial charge in [0.05, 0.1) is 12.2 Å². The van der Waals surface area contributed by atoms with Crippen LogP contribution in [0.25, 0.3) is 5.69 Å². The molecule has 0 radical (unpaired) electrons. The van der Waals surface area contributed by atoms with Gasteiger partial charge in [-0.15, -0.1) is 0 Å².